The van der Waals surface area contributed by atoms with Gasteiger partial charge in [-0.2, -0.15) is 4.39 Å². The third-order valence-electron chi connectivity index (χ3n) is 7.17. The number of aromatic amines is 1. The molecule has 0 bridgehead atoms. The summed E-state index contributed by atoms with van der Waals surface area (Å²) in [5.74, 6) is 1.63. The Hall–Kier alpha value is -3.56. The number of fused-ring (bicyclic) bond motifs is 1. The summed E-state index contributed by atoms with van der Waals surface area (Å²) in [4.78, 5) is 21.8. The molecule has 0 unspecified atom stereocenters. The van der Waals surface area contributed by atoms with Gasteiger partial charge in [-0.3, -0.25) is 4.90 Å². The Balaban J connectivity index is 1.29. The van der Waals surface area contributed by atoms with E-state index >= 15 is 0 Å². The first-order valence-electron chi connectivity index (χ1n) is 12.5. The van der Waals surface area contributed by atoms with Crippen molar-refractivity contribution < 1.29 is 14.2 Å². The number of pyridine rings is 1. The number of H-pyrrole nitrogens is 1. The van der Waals surface area contributed by atoms with Gasteiger partial charge in [-0.05, 0) is 61.2 Å². The predicted octanol–water partition coefficient (Wildman–Crippen LogP) is 4.08. The highest BCUT2D eigenvalue weighted by molar-refractivity contribution is 5.91. The molecule has 5 heterocycles. The van der Waals surface area contributed by atoms with Crippen LogP contribution >= 0.6 is 0 Å². The number of halogens is 1. The van der Waals surface area contributed by atoms with Crippen molar-refractivity contribution in [2.45, 2.75) is 25.3 Å². The van der Waals surface area contributed by atoms with E-state index < -0.39 is 5.95 Å². The van der Waals surface area contributed by atoms with Gasteiger partial charge in [-0.1, -0.05) is 18.2 Å². The van der Waals surface area contributed by atoms with Crippen LogP contribution in [0.3, 0.4) is 0 Å². The first-order chi connectivity index (χ1) is 17.6. The second-order valence-electron chi connectivity index (χ2n) is 9.53. The molecular formula is C27H29FN6O2. The van der Waals surface area contributed by atoms with Gasteiger partial charge >= 0.3 is 0 Å². The maximum absolute atomic E-state index is 13.1. The molecule has 186 valence electrons. The van der Waals surface area contributed by atoms with Gasteiger partial charge in [-0.25, -0.2) is 15.0 Å². The van der Waals surface area contributed by atoms with Crippen molar-refractivity contribution in [1.82, 2.24) is 24.8 Å². The van der Waals surface area contributed by atoms with Gasteiger partial charge < -0.3 is 19.7 Å². The van der Waals surface area contributed by atoms with Gasteiger partial charge in [-0.15, -0.1) is 0 Å². The summed E-state index contributed by atoms with van der Waals surface area (Å²) in [6.07, 6.45) is 5.74. The molecule has 9 heteroatoms. The molecule has 2 fully saturated rings. The number of phenolic OH excluding ortho intramolecular Hbond substituents is 1. The van der Waals surface area contributed by atoms with Crippen LogP contribution in [0, 0.1) is 5.95 Å². The highest BCUT2D eigenvalue weighted by Crippen LogP contribution is 2.37. The molecule has 4 aromatic rings. The predicted molar refractivity (Wildman–Crippen MR) is 135 cm³/mol. The van der Waals surface area contributed by atoms with Gasteiger partial charge in [0.1, 0.15) is 11.3 Å². The van der Waals surface area contributed by atoms with E-state index in [1.54, 1.807) is 24.4 Å². The van der Waals surface area contributed by atoms with Crippen LogP contribution in [0.5, 0.6) is 5.75 Å². The van der Waals surface area contributed by atoms with Crippen molar-refractivity contribution in [2.24, 2.45) is 0 Å². The molecule has 2 aliphatic rings. The third-order valence-corrected chi connectivity index (χ3v) is 7.17. The zero-order valence-electron chi connectivity index (χ0n) is 20.0. The van der Waals surface area contributed by atoms with Crippen LogP contribution in [0.1, 0.15) is 29.9 Å². The summed E-state index contributed by atoms with van der Waals surface area (Å²) in [5.41, 5.74) is 4.94. The van der Waals surface area contributed by atoms with E-state index in [4.69, 9.17) is 14.7 Å². The van der Waals surface area contributed by atoms with E-state index in [-0.39, 0.29) is 5.75 Å². The molecule has 0 spiro atoms. The number of morpholine rings is 1. The fraction of sp³-hybridized carbons (Fsp3) is 0.370. The molecule has 36 heavy (non-hydrogen) atoms. The molecular weight excluding hydrogens is 459 g/mol. The SMILES string of the molecule is Oc1cccc(-c2nc(N3CCOCC3)c3[nH]cc(C4CCN(Cc5ccc(F)nc5)CC4)c3n2)c1. The summed E-state index contributed by atoms with van der Waals surface area (Å²) in [7, 11) is 0. The first-order valence-corrected chi connectivity index (χ1v) is 12.5. The quantitative estimate of drug-likeness (QED) is 0.409. The monoisotopic (exact) mass is 488 g/mol. The lowest BCUT2D eigenvalue weighted by Gasteiger charge is -2.32. The van der Waals surface area contributed by atoms with Crippen LogP contribution in [0.15, 0.2) is 48.8 Å². The number of hydrogen-bond donors (Lipinski definition) is 2. The van der Waals surface area contributed by atoms with Gasteiger partial charge in [0.05, 0.1) is 18.7 Å². The number of benzene rings is 1. The number of piperidine rings is 1. The molecule has 0 radical (unpaired) electrons. The van der Waals surface area contributed by atoms with Gasteiger partial charge in [0.2, 0.25) is 5.95 Å². The van der Waals surface area contributed by atoms with Crippen molar-refractivity contribution in [3.63, 3.8) is 0 Å². The topological polar surface area (TPSA) is 90.4 Å². The third kappa shape index (κ3) is 4.64. The normalized spacial score (nSPS) is 17.6. The molecule has 3 aromatic heterocycles. The molecule has 1 aromatic carbocycles. The lowest BCUT2D eigenvalue weighted by atomic mass is 9.90. The zero-order valence-corrected chi connectivity index (χ0v) is 20.0. The van der Waals surface area contributed by atoms with Crippen molar-refractivity contribution >= 4 is 16.9 Å². The van der Waals surface area contributed by atoms with Crippen molar-refractivity contribution in [1.29, 1.82) is 0 Å². The van der Waals surface area contributed by atoms with Gasteiger partial charge in [0.15, 0.2) is 11.6 Å². The Morgan fingerprint density at radius 1 is 1.06 bits per heavy atom. The average molecular weight is 489 g/mol. The molecule has 2 N–H and O–H groups in total. The van der Waals surface area contributed by atoms with E-state index in [1.807, 2.05) is 12.1 Å². The Labute approximate surface area is 208 Å². The van der Waals surface area contributed by atoms with E-state index in [0.29, 0.717) is 25.0 Å². The lowest BCUT2D eigenvalue weighted by molar-refractivity contribution is 0.122. The molecule has 0 atom stereocenters. The Morgan fingerprint density at radius 2 is 1.89 bits per heavy atom. The van der Waals surface area contributed by atoms with Crippen molar-refractivity contribution in [3.8, 4) is 17.1 Å². The van der Waals surface area contributed by atoms with Crippen LogP contribution < -0.4 is 4.90 Å². The number of aromatic hydroxyl groups is 1. The number of rotatable bonds is 5. The number of ether oxygens (including phenoxy) is 1. The second-order valence-corrected chi connectivity index (χ2v) is 9.53. The molecule has 0 aliphatic carbocycles. The van der Waals surface area contributed by atoms with Crippen LogP contribution in [-0.4, -0.2) is 69.3 Å². The molecule has 0 saturated carbocycles. The molecule has 0 amide bonds. The summed E-state index contributed by atoms with van der Waals surface area (Å²) in [5, 5.41) is 10.1. The number of nitrogens with zero attached hydrogens (tertiary/aromatic N) is 5. The van der Waals surface area contributed by atoms with Gasteiger partial charge in [0.25, 0.3) is 0 Å². The number of nitrogens with one attached hydrogen (secondary N) is 1. The maximum atomic E-state index is 13.1. The van der Waals surface area contributed by atoms with Crippen LogP contribution in [-0.2, 0) is 11.3 Å². The van der Waals surface area contributed by atoms with Crippen molar-refractivity contribution in [2.75, 3.05) is 44.3 Å². The van der Waals surface area contributed by atoms with Crippen molar-refractivity contribution in [3.05, 3.63) is 65.9 Å². The second kappa shape index (κ2) is 9.83. The van der Waals surface area contributed by atoms with E-state index in [9.17, 15) is 9.50 Å². The molecule has 6 rings (SSSR count). The number of hydrogen-bond acceptors (Lipinski definition) is 7. The minimum Gasteiger partial charge on any atom is -0.508 e. The fourth-order valence-corrected chi connectivity index (χ4v) is 5.26. The molecule has 8 nitrogen and oxygen atoms in total. The summed E-state index contributed by atoms with van der Waals surface area (Å²) in [6, 6.07) is 10.3. The largest absolute Gasteiger partial charge is 0.508 e. The number of likely N-dealkylation sites (tertiary alicyclic amines) is 1. The maximum Gasteiger partial charge on any atom is 0.212 e. The summed E-state index contributed by atoms with van der Waals surface area (Å²) >= 11 is 0. The Morgan fingerprint density at radius 3 is 2.64 bits per heavy atom. The number of aromatic nitrogens is 4. The lowest BCUT2D eigenvalue weighted by Crippen LogP contribution is -2.37. The Kier molecular flexibility index (Phi) is 6.25. The van der Waals surface area contributed by atoms with E-state index in [2.05, 4.69) is 26.0 Å². The minimum absolute atomic E-state index is 0.196. The highest BCUT2D eigenvalue weighted by Gasteiger charge is 2.27. The zero-order chi connectivity index (χ0) is 24.5. The highest BCUT2D eigenvalue weighted by atomic mass is 19.1. The Bertz CT molecular complexity index is 1340. The fourth-order valence-electron chi connectivity index (χ4n) is 5.26. The number of phenols is 1. The molecule has 2 saturated heterocycles. The van der Waals surface area contributed by atoms with Crippen LogP contribution in [0.25, 0.3) is 22.4 Å². The minimum atomic E-state index is -0.444. The number of anilines is 1. The summed E-state index contributed by atoms with van der Waals surface area (Å²) in [6.45, 7) is 5.57. The van der Waals surface area contributed by atoms with Crippen LogP contribution in [0.2, 0.25) is 0 Å². The van der Waals surface area contributed by atoms with E-state index in [1.165, 1.54) is 11.6 Å². The average Bonchev–Trinajstić information content (AvgIpc) is 3.34. The summed E-state index contributed by atoms with van der Waals surface area (Å²) < 4.78 is 18.7. The van der Waals surface area contributed by atoms with Crippen LogP contribution in [0.4, 0.5) is 10.2 Å². The van der Waals surface area contributed by atoms with E-state index in [0.717, 1.165) is 73.5 Å². The van der Waals surface area contributed by atoms with Gasteiger partial charge in [0, 0.05) is 37.6 Å². The first kappa shape index (κ1) is 22.9. The standard InChI is InChI=1S/C27H29FN6O2/c28-23-5-4-18(15-29-23)17-33-8-6-19(7-9-33)22-16-30-25-24(22)31-26(20-2-1-3-21(35)14-20)32-27(25)34-10-12-36-13-11-34/h1-5,14-16,19,30,35H,6-13,17H2. The smallest absolute Gasteiger partial charge is 0.212 e. The molecule has 2 aliphatic heterocycles.